The Bertz CT molecular complexity index is 1330. The third kappa shape index (κ3) is 3.35. The van der Waals surface area contributed by atoms with E-state index in [1.165, 1.54) is 0 Å². The topological polar surface area (TPSA) is 82.0 Å². The molecule has 0 fully saturated rings. The van der Waals surface area contributed by atoms with E-state index in [0.29, 0.717) is 12.2 Å². The summed E-state index contributed by atoms with van der Waals surface area (Å²) in [7, 11) is 1.90. The molecule has 0 spiro atoms. The van der Waals surface area contributed by atoms with Crippen LogP contribution >= 0.6 is 0 Å². The standard InChI is InChI=1S/C22H19N7O/c1-27-14-18(13-25-27)17-2-3-19-4-5-21(28(19)15-17)29-11-8-20(26-29)22(30)24-12-16-6-9-23-10-7-16/h2-11,13-15H,12H2,1H3,(H,24,30). The van der Waals surface area contributed by atoms with Gasteiger partial charge in [0.05, 0.1) is 6.20 Å². The first-order valence-electron chi connectivity index (χ1n) is 9.51. The summed E-state index contributed by atoms with van der Waals surface area (Å²) in [4.78, 5) is 16.5. The number of pyridine rings is 2. The maximum atomic E-state index is 12.5. The fourth-order valence-corrected chi connectivity index (χ4v) is 3.36. The zero-order chi connectivity index (χ0) is 20.5. The van der Waals surface area contributed by atoms with Crippen LogP contribution in [0.2, 0.25) is 0 Å². The van der Waals surface area contributed by atoms with Crippen LogP contribution in [0.25, 0.3) is 22.5 Å². The van der Waals surface area contributed by atoms with E-state index in [-0.39, 0.29) is 5.91 Å². The van der Waals surface area contributed by atoms with Gasteiger partial charge in [-0.25, -0.2) is 4.68 Å². The van der Waals surface area contributed by atoms with Gasteiger partial charge >= 0.3 is 0 Å². The minimum absolute atomic E-state index is 0.220. The van der Waals surface area contributed by atoms with Gasteiger partial charge in [0, 0.05) is 61.2 Å². The van der Waals surface area contributed by atoms with Crippen molar-refractivity contribution in [2.75, 3.05) is 0 Å². The van der Waals surface area contributed by atoms with E-state index >= 15 is 0 Å². The number of aryl methyl sites for hydroxylation is 1. The molecule has 8 nitrogen and oxygen atoms in total. The Morgan fingerprint density at radius 3 is 2.63 bits per heavy atom. The van der Waals surface area contributed by atoms with Gasteiger partial charge in [0.15, 0.2) is 5.69 Å². The van der Waals surface area contributed by atoms with Gasteiger partial charge in [0.25, 0.3) is 5.91 Å². The van der Waals surface area contributed by atoms with Crippen molar-refractivity contribution in [3.8, 4) is 16.9 Å². The maximum Gasteiger partial charge on any atom is 0.272 e. The number of nitrogens with one attached hydrogen (secondary N) is 1. The van der Waals surface area contributed by atoms with E-state index in [1.54, 1.807) is 34.0 Å². The molecule has 8 heteroatoms. The minimum Gasteiger partial charge on any atom is -0.347 e. The molecule has 0 saturated heterocycles. The first-order chi connectivity index (χ1) is 14.7. The van der Waals surface area contributed by atoms with E-state index in [4.69, 9.17) is 0 Å². The summed E-state index contributed by atoms with van der Waals surface area (Å²) in [5.74, 6) is 0.631. The van der Waals surface area contributed by atoms with E-state index in [9.17, 15) is 4.79 Å². The number of amides is 1. The van der Waals surface area contributed by atoms with Crippen molar-refractivity contribution < 1.29 is 4.79 Å². The van der Waals surface area contributed by atoms with Gasteiger partial charge in [-0.1, -0.05) is 6.07 Å². The zero-order valence-corrected chi connectivity index (χ0v) is 16.3. The molecule has 0 aliphatic carbocycles. The Balaban J connectivity index is 1.40. The normalized spacial score (nSPS) is 11.1. The molecular formula is C22H19N7O. The Labute approximate surface area is 172 Å². The van der Waals surface area contributed by atoms with Crippen molar-refractivity contribution in [3.05, 3.63) is 90.9 Å². The summed E-state index contributed by atoms with van der Waals surface area (Å²) >= 11 is 0. The number of rotatable bonds is 5. The van der Waals surface area contributed by atoms with Gasteiger partial charge in [-0.3, -0.25) is 14.5 Å². The molecule has 0 aromatic carbocycles. The lowest BCUT2D eigenvalue weighted by Gasteiger charge is -2.06. The third-order valence-electron chi connectivity index (χ3n) is 4.93. The highest BCUT2D eigenvalue weighted by atomic mass is 16.1. The molecule has 1 amide bonds. The molecule has 30 heavy (non-hydrogen) atoms. The SMILES string of the molecule is Cn1cc(-c2ccc3ccc(-n4ccc(C(=O)NCc5ccncc5)n4)n3c2)cn1. The molecule has 0 aliphatic heterocycles. The van der Waals surface area contributed by atoms with E-state index in [2.05, 4.69) is 32.6 Å². The molecule has 1 N–H and O–H groups in total. The Morgan fingerprint density at radius 1 is 1.00 bits per heavy atom. The third-order valence-corrected chi connectivity index (χ3v) is 4.93. The lowest BCUT2D eigenvalue weighted by molar-refractivity contribution is 0.0945. The second kappa shape index (κ2) is 7.32. The summed E-state index contributed by atoms with van der Waals surface area (Å²) < 4.78 is 5.54. The monoisotopic (exact) mass is 397 g/mol. The number of carbonyl (C=O) groups is 1. The largest absolute Gasteiger partial charge is 0.347 e. The molecule has 5 heterocycles. The summed E-state index contributed by atoms with van der Waals surface area (Å²) in [5, 5.41) is 11.6. The average Bonchev–Trinajstić information content (AvgIpc) is 3.51. The molecule has 0 radical (unpaired) electrons. The van der Waals surface area contributed by atoms with Crippen LogP contribution in [-0.2, 0) is 13.6 Å². The quantitative estimate of drug-likeness (QED) is 0.494. The Morgan fingerprint density at radius 2 is 1.83 bits per heavy atom. The lowest BCUT2D eigenvalue weighted by atomic mass is 10.1. The van der Waals surface area contributed by atoms with Gasteiger partial charge in [-0.2, -0.15) is 10.2 Å². The number of fused-ring (bicyclic) bond motifs is 1. The van der Waals surface area contributed by atoms with Crippen LogP contribution in [0.1, 0.15) is 16.1 Å². The molecule has 0 unspecified atom stereocenters. The molecular weight excluding hydrogens is 378 g/mol. The predicted molar refractivity (Wildman–Crippen MR) is 112 cm³/mol. The molecule has 0 atom stereocenters. The number of carbonyl (C=O) groups excluding carboxylic acids is 1. The van der Waals surface area contributed by atoms with Crippen molar-refractivity contribution >= 4 is 11.4 Å². The molecule has 5 aromatic rings. The zero-order valence-electron chi connectivity index (χ0n) is 16.3. The number of nitrogens with zero attached hydrogens (tertiary/aromatic N) is 6. The summed E-state index contributed by atoms with van der Waals surface area (Å²) in [6.07, 6.45) is 11.1. The number of aromatic nitrogens is 6. The lowest BCUT2D eigenvalue weighted by Crippen LogP contribution is -2.23. The van der Waals surface area contributed by atoms with Crippen LogP contribution < -0.4 is 5.32 Å². The highest BCUT2D eigenvalue weighted by Crippen LogP contribution is 2.22. The van der Waals surface area contributed by atoms with Crippen LogP contribution in [0.15, 0.2) is 79.6 Å². The van der Waals surface area contributed by atoms with Crippen molar-refractivity contribution in [2.45, 2.75) is 6.54 Å². The van der Waals surface area contributed by atoms with Crippen LogP contribution in [0.3, 0.4) is 0 Å². The fourth-order valence-electron chi connectivity index (χ4n) is 3.36. The van der Waals surface area contributed by atoms with Crippen LogP contribution in [0, 0.1) is 0 Å². The van der Waals surface area contributed by atoms with Crippen LogP contribution in [0.4, 0.5) is 0 Å². The van der Waals surface area contributed by atoms with Crippen molar-refractivity contribution in [1.82, 2.24) is 34.3 Å². The second-order valence-electron chi connectivity index (χ2n) is 6.99. The number of hydrogen-bond acceptors (Lipinski definition) is 4. The predicted octanol–water partition coefficient (Wildman–Crippen LogP) is 2.85. The van der Waals surface area contributed by atoms with Crippen molar-refractivity contribution in [3.63, 3.8) is 0 Å². The summed E-state index contributed by atoms with van der Waals surface area (Å²) in [6.45, 7) is 0.427. The number of hydrogen-bond donors (Lipinski definition) is 1. The highest BCUT2D eigenvalue weighted by molar-refractivity contribution is 5.92. The Kier molecular flexibility index (Phi) is 4.36. The van der Waals surface area contributed by atoms with Gasteiger partial charge in [0.2, 0.25) is 0 Å². The second-order valence-corrected chi connectivity index (χ2v) is 6.99. The minimum atomic E-state index is -0.220. The van der Waals surface area contributed by atoms with Gasteiger partial charge < -0.3 is 9.72 Å². The van der Waals surface area contributed by atoms with E-state index < -0.39 is 0 Å². The first kappa shape index (κ1) is 17.9. The maximum absolute atomic E-state index is 12.5. The summed E-state index contributed by atoms with van der Waals surface area (Å²) in [5.41, 5.74) is 4.48. The average molecular weight is 397 g/mol. The van der Waals surface area contributed by atoms with E-state index in [0.717, 1.165) is 28.0 Å². The van der Waals surface area contributed by atoms with Crippen molar-refractivity contribution in [2.24, 2.45) is 7.05 Å². The molecule has 5 rings (SSSR count). The highest BCUT2D eigenvalue weighted by Gasteiger charge is 2.12. The van der Waals surface area contributed by atoms with Gasteiger partial charge in [-0.05, 0) is 42.0 Å². The summed E-state index contributed by atoms with van der Waals surface area (Å²) in [6, 6.07) is 13.6. The molecule has 5 aromatic heterocycles. The fraction of sp³-hybridized carbons (Fsp3) is 0.0909. The molecule has 148 valence electrons. The van der Waals surface area contributed by atoms with Gasteiger partial charge in [-0.15, -0.1) is 0 Å². The Hall–Kier alpha value is -4.20. The van der Waals surface area contributed by atoms with Gasteiger partial charge in [0.1, 0.15) is 5.82 Å². The first-order valence-corrected chi connectivity index (χ1v) is 9.51. The van der Waals surface area contributed by atoms with Crippen molar-refractivity contribution in [1.29, 1.82) is 0 Å². The molecule has 0 aliphatic rings. The van der Waals surface area contributed by atoms with E-state index in [1.807, 2.05) is 54.3 Å². The smallest absolute Gasteiger partial charge is 0.272 e. The van der Waals surface area contributed by atoms with Crippen LogP contribution in [0.5, 0.6) is 0 Å². The molecule has 0 saturated carbocycles. The molecule has 0 bridgehead atoms. The van der Waals surface area contributed by atoms with Crippen LogP contribution in [-0.4, -0.2) is 34.9 Å².